The second-order valence-electron chi connectivity index (χ2n) is 5.44. The standard InChI is InChI=1S/C15H22N2O/c1-12(16)7-8-14(18)17-11-15(9-10-15)13-5-3-2-4-6-13/h2-6,12H,7-11,16H2,1H3,(H,17,18). The van der Waals surface area contributed by atoms with E-state index in [1.807, 2.05) is 13.0 Å². The summed E-state index contributed by atoms with van der Waals surface area (Å²) in [5, 5.41) is 3.04. The molecule has 0 saturated heterocycles. The zero-order valence-corrected chi connectivity index (χ0v) is 11.0. The second-order valence-corrected chi connectivity index (χ2v) is 5.44. The second kappa shape index (κ2) is 5.53. The summed E-state index contributed by atoms with van der Waals surface area (Å²) in [6.07, 6.45) is 3.63. The van der Waals surface area contributed by atoms with E-state index >= 15 is 0 Å². The summed E-state index contributed by atoms with van der Waals surface area (Å²) in [4.78, 5) is 11.7. The Morgan fingerprint density at radius 3 is 2.61 bits per heavy atom. The van der Waals surface area contributed by atoms with Crippen LogP contribution in [0.3, 0.4) is 0 Å². The fourth-order valence-electron chi connectivity index (χ4n) is 2.23. The van der Waals surface area contributed by atoms with Gasteiger partial charge in [-0.1, -0.05) is 30.3 Å². The average Bonchev–Trinajstić information content (AvgIpc) is 3.16. The predicted octanol–water partition coefficient (Wildman–Crippen LogP) is 1.96. The molecule has 98 valence electrons. The third-order valence-corrected chi connectivity index (χ3v) is 3.69. The third-order valence-electron chi connectivity index (χ3n) is 3.69. The lowest BCUT2D eigenvalue weighted by Crippen LogP contribution is -2.33. The molecule has 0 aliphatic heterocycles. The number of carbonyl (C=O) groups excluding carboxylic acids is 1. The minimum atomic E-state index is 0.0970. The minimum absolute atomic E-state index is 0.0970. The lowest BCUT2D eigenvalue weighted by molar-refractivity contribution is -0.121. The number of amides is 1. The highest BCUT2D eigenvalue weighted by Gasteiger charge is 2.44. The molecule has 0 bridgehead atoms. The highest BCUT2D eigenvalue weighted by molar-refractivity contribution is 5.76. The lowest BCUT2D eigenvalue weighted by atomic mass is 9.96. The van der Waals surface area contributed by atoms with Crippen molar-refractivity contribution >= 4 is 5.91 Å². The maximum atomic E-state index is 11.7. The fourth-order valence-corrected chi connectivity index (χ4v) is 2.23. The number of hydrogen-bond acceptors (Lipinski definition) is 2. The molecule has 1 aliphatic carbocycles. The number of nitrogens with one attached hydrogen (secondary N) is 1. The van der Waals surface area contributed by atoms with Crippen LogP contribution < -0.4 is 11.1 Å². The third kappa shape index (κ3) is 3.33. The molecule has 2 rings (SSSR count). The summed E-state index contributed by atoms with van der Waals surface area (Å²) < 4.78 is 0. The normalized spacial score (nSPS) is 18.1. The topological polar surface area (TPSA) is 55.1 Å². The maximum Gasteiger partial charge on any atom is 0.220 e. The summed E-state index contributed by atoms with van der Waals surface area (Å²) in [5.41, 5.74) is 7.19. The van der Waals surface area contributed by atoms with Crippen molar-refractivity contribution in [1.29, 1.82) is 0 Å². The first-order valence-electron chi connectivity index (χ1n) is 6.70. The van der Waals surface area contributed by atoms with Gasteiger partial charge in [-0.05, 0) is 31.7 Å². The Bertz CT molecular complexity index is 396. The molecule has 1 amide bonds. The first-order chi connectivity index (χ1) is 8.62. The molecular formula is C15H22N2O. The van der Waals surface area contributed by atoms with Crippen molar-refractivity contribution in [2.45, 2.75) is 44.1 Å². The molecule has 3 heteroatoms. The van der Waals surface area contributed by atoms with Gasteiger partial charge in [0.05, 0.1) is 0 Å². The maximum absolute atomic E-state index is 11.7. The molecule has 1 aromatic carbocycles. The molecular weight excluding hydrogens is 224 g/mol. The van der Waals surface area contributed by atoms with Gasteiger partial charge in [-0.2, -0.15) is 0 Å². The van der Waals surface area contributed by atoms with Crippen molar-refractivity contribution < 1.29 is 4.79 Å². The van der Waals surface area contributed by atoms with Crippen LogP contribution in [-0.4, -0.2) is 18.5 Å². The van der Waals surface area contributed by atoms with Crippen molar-refractivity contribution in [3.8, 4) is 0 Å². The van der Waals surface area contributed by atoms with Crippen LogP contribution in [-0.2, 0) is 10.2 Å². The Balaban J connectivity index is 1.82. The number of benzene rings is 1. The van der Waals surface area contributed by atoms with Crippen LogP contribution in [0.2, 0.25) is 0 Å². The van der Waals surface area contributed by atoms with Crippen LogP contribution in [0.5, 0.6) is 0 Å². The van der Waals surface area contributed by atoms with Crippen LogP contribution in [0.1, 0.15) is 38.2 Å². The van der Waals surface area contributed by atoms with Gasteiger partial charge in [-0.15, -0.1) is 0 Å². The Hall–Kier alpha value is -1.35. The summed E-state index contributed by atoms with van der Waals surface area (Å²) in [6.45, 7) is 2.69. The van der Waals surface area contributed by atoms with Gasteiger partial charge in [-0.25, -0.2) is 0 Å². The molecule has 1 aliphatic rings. The highest BCUT2D eigenvalue weighted by Crippen LogP contribution is 2.47. The van der Waals surface area contributed by atoms with Crippen LogP contribution >= 0.6 is 0 Å². The van der Waals surface area contributed by atoms with Gasteiger partial charge in [-0.3, -0.25) is 4.79 Å². The SMILES string of the molecule is CC(N)CCC(=O)NCC1(c2ccccc2)CC1. The molecule has 1 aromatic rings. The molecule has 0 heterocycles. The van der Waals surface area contributed by atoms with Gasteiger partial charge < -0.3 is 11.1 Å². The zero-order chi connectivity index (χ0) is 13.0. The van der Waals surface area contributed by atoms with Gasteiger partial charge in [0.25, 0.3) is 0 Å². The van der Waals surface area contributed by atoms with E-state index in [1.54, 1.807) is 0 Å². The molecule has 1 saturated carbocycles. The van der Waals surface area contributed by atoms with E-state index in [-0.39, 0.29) is 17.4 Å². The molecule has 1 unspecified atom stereocenters. The predicted molar refractivity (Wildman–Crippen MR) is 73.2 cm³/mol. The molecule has 3 N–H and O–H groups in total. The van der Waals surface area contributed by atoms with Gasteiger partial charge in [0.15, 0.2) is 0 Å². The summed E-state index contributed by atoms with van der Waals surface area (Å²) in [6, 6.07) is 10.6. The molecule has 1 atom stereocenters. The number of carbonyl (C=O) groups is 1. The monoisotopic (exact) mass is 246 g/mol. The van der Waals surface area contributed by atoms with E-state index in [0.717, 1.165) is 13.0 Å². The zero-order valence-electron chi connectivity index (χ0n) is 11.0. The quantitative estimate of drug-likeness (QED) is 0.806. The number of hydrogen-bond donors (Lipinski definition) is 2. The van der Waals surface area contributed by atoms with E-state index in [9.17, 15) is 4.79 Å². The molecule has 0 spiro atoms. The average molecular weight is 246 g/mol. The van der Waals surface area contributed by atoms with Crippen molar-refractivity contribution in [3.63, 3.8) is 0 Å². The first-order valence-corrected chi connectivity index (χ1v) is 6.70. The van der Waals surface area contributed by atoms with E-state index in [4.69, 9.17) is 5.73 Å². The number of rotatable bonds is 6. The van der Waals surface area contributed by atoms with Gasteiger partial charge in [0.2, 0.25) is 5.91 Å². The molecule has 0 aromatic heterocycles. The Morgan fingerprint density at radius 2 is 2.06 bits per heavy atom. The molecule has 18 heavy (non-hydrogen) atoms. The van der Waals surface area contributed by atoms with Gasteiger partial charge >= 0.3 is 0 Å². The Labute approximate surface area is 109 Å². The summed E-state index contributed by atoms with van der Waals surface area (Å²) >= 11 is 0. The smallest absolute Gasteiger partial charge is 0.220 e. The van der Waals surface area contributed by atoms with Crippen LogP contribution in [0.4, 0.5) is 0 Å². The highest BCUT2D eigenvalue weighted by atomic mass is 16.1. The largest absolute Gasteiger partial charge is 0.355 e. The summed E-state index contributed by atoms with van der Waals surface area (Å²) in [5.74, 6) is 0.120. The van der Waals surface area contributed by atoms with Crippen molar-refractivity contribution in [2.24, 2.45) is 5.73 Å². The lowest BCUT2D eigenvalue weighted by Gasteiger charge is -2.16. The van der Waals surface area contributed by atoms with Crippen LogP contribution in [0.15, 0.2) is 30.3 Å². The molecule has 0 radical (unpaired) electrons. The van der Waals surface area contributed by atoms with Crippen LogP contribution in [0.25, 0.3) is 0 Å². The Morgan fingerprint density at radius 1 is 1.39 bits per heavy atom. The van der Waals surface area contributed by atoms with E-state index in [1.165, 1.54) is 18.4 Å². The van der Waals surface area contributed by atoms with E-state index < -0.39 is 0 Å². The Kier molecular flexibility index (Phi) is 4.02. The van der Waals surface area contributed by atoms with Crippen molar-refractivity contribution in [1.82, 2.24) is 5.32 Å². The van der Waals surface area contributed by atoms with Crippen molar-refractivity contribution in [3.05, 3.63) is 35.9 Å². The molecule has 1 fully saturated rings. The van der Waals surface area contributed by atoms with E-state index in [2.05, 4.69) is 29.6 Å². The minimum Gasteiger partial charge on any atom is -0.355 e. The van der Waals surface area contributed by atoms with Gasteiger partial charge in [0.1, 0.15) is 0 Å². The van der Waals surface area contributed by atoms with Crippen LogP contribution in [0, 0.1) is 0 Å². The van der Waals surface area contributed by atoms with Crippen molar-refractivity contribution in [2.75, 3.05) is 6.54 Å². The van der Waals surface area contributed by atoms with Gasteiger partial charge in [0, 0.05) is 24.4 Å². The fraction of sp³-hybridized carbons (Fsp3) is 0.533. The first kappa shape index (κ1) is 13.1. The van der Waals surface area contributed by atoms with E-state index in [0.29, 0.717) is 6.42 Å². The number of nitrogens with two attached hydrogens (primary N) is 1. The molecule has 3 nitrogen and oxygen atoms in total. The summed E-state index contributed by atoms with van der Waals surface area (Å²) in [7, 11) is 0.